The van der Waals surface area contributed by atoms with E-state index in [4.69, 9.17) is 5.11 Å². The van der Waals surface area contributed by atoms with E-state index in [1.165, 1.54) is 12.8 Å². The van der Waals surface area contributed by atoms with Gasteiger partial charge in [0.05, 0.1) is 0 Å². The van der Waals surface area contributed by atoms with Crippen LogP contribution in [0.25, 0.3) is 0 Å². The lowest BCUT2D eigenvalue weighted by molar-refractivity contribution is 0.218. The molecule has 0 aliphatic heterocycles. The second-order valence-electron chi connectivity index (χ2n) is 2.66. The minimum Gasteiger partial charge on any atom is -0.396 e. The van der Waals surface area contributed by atoms with E-state index >= 15 is 0 Å². The SMILES string of the molecule is CCCC(Br)C(CC)CO. The van der Waals surface area contributed by atoms with Crippen LogP contribution in [0.15, 0.2) is 0 Å². The quantitative estimate of drug-likeness (QED) is 0.690. The first-order valence-electron chi connectivity index (χ1n) is 4.01. The highest BCUT2D eigenvalue weighted by molar-refractivity contribution is 9.09. The van der Waals surface area contributed by atoms with Crippen molar-refractivity contribution in [3.05, 3.63) is 0 Å². The van der Waals surface area contributed by atoms with E-state index in [-0.39, 0.29) is 0 Å². The van der Waals surface area contributed by atoms with Crippen molar-refractivity contribution >= 4 is 15.9 Å². The number of hydrogen-bond donors (Lipinski definition) is 1. The monoisotopic (exact) mass is 208 g/mol. The lowest BCUT2D eigenvalue weighted by atomic mass is 10.0. The van der Waals surface area contributed by atoms with Crippen LogP contribution in [0.2, 0.25) is 0 Å². The third-order valence-electron chi connectivity index (χ3n) is 1.83. The molecule has 10 heavy (non-hydrogen) atoms. The third kappa shape index (κ3) is 3.57. The molecule has 2 unspecified atom stereocenters. The van der Waals surface area contributed by atoms with Crippen LogP contribution in [0.4, 0.5) is 0 Å². The van der Waals surface area contributed by atoms with Crippen LogP contribution < -0.4 is 0 Å². The molecule has 0 aromatic rings. The smallest absolute Gasteiger partial charge is 0.0469 e. The van der Waals surface area contributed by atoms with Crippen LogP contribution in [0.5, 0.6) is 0 Å². The highest BCUT2D eigenvalue weighted by Gasteiger charge is 2.14. The predicted octanol–water partition coefficient (Wildman–Crippen LogP) is 2.57. The standard InChI is InChI=1S/C8H17BrO/c1-3-5-8(9)7(4-2)6-10/h7-8,10H,3-6H2,1-2H3. The van der Waals surface area contributed by atoms with Crippen molar-refractivity contribution in [2.24, 2.45) is 5.92 Å². The second-order valence-corrected chi connectivity index (χ2v) is 3.83. The Hall–Kier alpha value is 0.440. The van der Waals surface area contributed by atoms with E-state index in [1.54, 1.807) is 0 Å². The fourth-order valence-electron chi connectivity index (χ4n) is 1.01. The molecule has 0 amide bonds. The fraction of sp³-hybridized carbons (Fsp3) is 1.00. The zero-order chi connectivity index (χ0) is 7.98. The maximum absolute atomic E-state index is 8.89. The van der Waals surface area contributed by atoms with Gasteiger partial charge in [0.15, 0.2) is 0 Å². The van der Waals surface area contributed by atoms with E-state index in [0.29, 0.717) is 17.4 Å². The molecule has 0 bridgehead atoms. The molecular formula is C8H17BrO. The van der Waals surface area contributed by atoms with Gasteiger partial charge in [-0.2, -0.15) is 0 Å². The summed E-state index contributed by atoms with van der Waals surface area (Å²) >= 11 is 3.56. The van der Waals surface area contributed by atoms with Gasteiger partial charge in [-0.3, -0.25) is 0 Å². The highest BCUT2D eigenvalue weighted by atomic mass is 79.9. The molecule has 1 nitrogen and oxygen atoms in total. The van der Waals surface area contributed by atoms with Crippen LogP contribution in [0.1, 0.15) is 33.1 Å². The van der Waals surface area contributed by atoms with Gasteiger partial charge >= 0.3 is 0 Å². The summed E-state index contributed by atoms with van der Waals surface area (Å²) in [6.45, 7) is 4.59. The summed E-state index contributed by atoms with van der Waals surface area (Å²) in [7, 11) is 0. The Morgan fingerprint density at radius 3 is 2.30 bits per heavy atom. The Morgan fingerprint density at radius 1 is 1.40 bits per heavy atom. The lowest BCUT2D eigenvalue weighted by Crippen LogP contribution is -2.17. The third-order valence-corrected chi connectivity index (χ3v) is 3.04. The molecule has 62 valence electrons. The number of hydrogen-bond acceptors (Lipinski definition) is 1. The van der Waals surface area contributed by atoms with Crippen molar-refractivity contribution < 1.29 is 5.11 Å². The van der Waals surface area contributed by atoms with E-state index < -0.39 is 0 Å². The summed E-state index contributed by atoms with van der Waals surface area (Å²) in [5, 5.41) is 8.89. The van der Waals surface area contributed by atoms with Crippen molar-refractivity contribution in [2.45, 2.75) is 37.9 Å². The van der Waals surface area contributed by atoms with Gasteiger partial charge in [-0.15, -0.1) is 0 Å². The van der Waals surface area contributed by atoms with Crippen LogP contribution in [0, 0.1) is 5.92 Å². The Kier molecular flexibility index (Phi) is 6.44. The normalized spacial score (nSPS) is 16.8. The summed E-state index contributed by atoms with van der Waals surface area (Å²) in [5.74, 6) is 0.444. The first-order valence-corrected chi connectivity index (χ1v) is 4.92. The fourth-order valence-corrected chi connectivity index (χ4v) is 2.01. The van der Waals surface area contributed by atoms with E-state index in [0.717, 1.165) is 6.42 Å². The largest absolute Gasteiger partial charge is 0.396 e. The highest BCUT2D eigenvalue weighted by Crippen LogP contribution is 2.20. The van der Waals surface area contributed by atoms with E-state index in [2.05, 4.69) is 29.8 Å². The first kappa shape index (κ1) is 10.4. The molecule has 0 saturated carbocycles. The predicted molar refractivity (Wildman–Crippen MR) is 48.5 cm³/mol. The van der Waals surface area contributed by atoms with Crippen LogP contribution in [-0.2, 0) is 0 Å². The van der Waals surface area contributed by atoms with Crippen molar-refractivity contribution in [1.82, 2.24) is 0 Å². The summed E-state index contributed by atoms with van der Waals surface area (Å²) in [6, 6.07) is 0. The molecular weight excluding hydrogens is 192 g/mol. The van der Waals surface area contributed by atoms with Gasteiger partial charge < -0.3 is 5.11 Å². The first-order chi connectivity index (χ1) is 4.76. The van der Waals surface area contributed by atoms with Gasteiger partial charge in [-0.05, 0) is 12.3 Å². The van der Waals surface area contributed by atoms with Gasteiger partial charge in [-0.25, -0.2) is 0 Å². The molecule has 0 spiro atoms. The van der Waals surface area contributed by atoms with Crippen molar-refractivity contribution in [1.29, 1.82) is 0 Å². The zero-order valence-corrected chi connectivity index (χ0v) is 8.39. The van der Waals surface area contributed by atoms with Gasteiger partial charge in [0, 0.05) is 11.4 Å². The molecule has 1 N–H and O–H groups in total. The summed E-state index contributed by atoms with van der Waals surface area (Å²) < 4.78 is 0. The van der Waals surface area contributed by atoms with Gasteiger partial charge in [-0.1, -0.05) is 42.6 Å². The Bertz CT molecular complexity index is 71.7. The number of halogens is 1. The van der Waals surface area contributed by atoms with Crippen molar-refractivity contribution in [3.8, 4) is 0 Å². The maximum atomic E-state index is 8.89. The Morgan fingerprint density at radius 2 is 2.00 bits per heavy atom. The number of rotatable bonds is 5. The van der Waals surface area contributed by atoms with E-state index in [1.807, 2.05) is 0 Å². The average molecular weight is 209 g/mol. The summed E-state index contributed by atoms with van der Waals surface area (Å²) in [5.41, 5.74) is 0. The van der Waals surface area contributed by atoms with Crippen LogP contribution in [-0.4, -0.2) is 16.5 Å². The molecule has 0 radical (unpaired) electrons. The molecule has 0 aromatic heterocycles. The van der Waals surface area contributed by atoms with Crippen molar-refractivity contribution in [3.63, 3.8) is 0 Å². The lowest BCUT2D eigenvalue weighted by Gasteiger charge is -2.17. The molecule has 0 fully saturated rings. The molecule has 2 atom stereocenters. The molecule has 0 saturated heterocycles. The van der Waals surface area contributed by atoms with Gasteiger partial charge in [0.25, 0.3) is 0 Å². The summed E-state index contributed by atoms with van der Waals surface area (Å²) in [4.78, 5) is 0.507. The number of aliphatic hydroxyl groups is 1. The minimum absolute atomic E-state index is 0.312. The molecule has 2 heteroatoms. The van der Waals surface area contributed by atoms with Gasteiger partial charge in [0.1, 0.15) is 0 Å². The number of aliphatic hydroxyl groups excluding tert-OH is 1. The van der Waals surface area contributed by atoms with Crippen LogP contribution >= 0.6 is 15.9 Å². The molecule has 0 rings (SSSR count). The zero-order valence-electron chi connectivity index (χ0n) is 6.81. The molecule has 0 heterocycles. The van der Waals surface area contributed by atoms with Crippen molar-refractivity contribution in [2.75, 3.05) is 6.61 Å². The van der Waals surface area contributed by atoms with Gasteiger partial charge in [0.2, 0.25) is 0 Å². The topological polar surface area (TPSA) is 20.2 Å². The second kappa shape index (κ2) is 6.17. The Balaban J connectivity index is 3.53. The maximum Gasteiger partial charge on any atom is 0.0469 e. The average Bonchev–Trinajstić information content (AvgIpc) is 1.91. The minimum atomic E-state index is 0.312. The number of alkyl halides is 1. The molecule has 0 aliphatic carbocycles. The molecule has 0 aliphatic rings. The van der Waals surface area contributed by atoms with Crippen LogP contribution in [0.3, 0.4) is 0 Å². The van der Waals surface area contributed by atoms with E-state index in [9.17, 15) is 0 Å². The molecule has 0 aromatic carbocycles. The Labute approximate surface area is 72.0 Å². The summed E-state index contributed by atoms with van der Waals surface area (Å²) in [6.07, 6.45) is 3.41.